The second-order valence-corrected chi connectivity index (χ2v) is 15.0. The molecule has 6 N–H and O–H groups in total. The number of fused-ring (bicyclic) bond motifs is 14. The van der Waals surface area contributed by atoms with Crippen LogP contribution in [0, 0.1) is 30.6 Å². The molecule has 0 aliphatic carbocycles. The highest BCUT2D eigenvalue weighted by atomic mass is 16.7. The Kier molecular flexibility index (Phi) is 14.4. The first-order valence-corrected chi connectivity index (χ1v) is 19.1. The fraction of sp³-hybridized carbons (Fsp3) is 0.524. The number of unbranched alkanes of at least 4 members (excludes halogenated alkanes) is 1. The second kappa shape index (κ2) is 18.4. The van der Waals surface area contributed by atoms with Gasteiger partial charge in [-0.15, -0.1) is 0 Å². The second-order valence-electron chi connectivity index (χ2n) is 15.0. The number of carbonyl (C=O) groups excluding carboxylic acids is 3. The molecule has 0 aromatic heterocycles. The number of amides is 1. The van der Waals surface area contributed by atoms with Crippen molar-refractivity contribution in [2.45, 2.75) is 105 Å². The maximum atomic E-state index is 14.3. The number of aromatic hydroxyl groups is 3. The molecule has 0 unspecified atom stereocenters. The van der Waals surface area contributed by atoms with E-state index < -0.39 is 88.8 Å². The molecule has 5 rings (SSSR count). The first kappa shape index (κ1) is 44.6. The number of Topliss-reactive ketones (excluding diaryl/α,β-unsaturated/α-hetero) is 1. The molecule has 3 heterocycles. The lowest BCUT2D eigenvalue weighted by molar-refractivity contribution is -0.160. The third kappa shape index (κ3) is 9.05. The molecule has 15 nitrogen and oxygen atoms in total. The Hall–Kier alpha value is -5.12. The molecule has 0 spiro atoms. The van der Waals surface area contributed by atoms with E-state index >= 15 is 0 Å². The Labute approximate surface area is 332 Å². The number of nitrogens with one attached hydrogen (secondary N) is 1. The van der Waals surface area contributed by atoms with E-state index in [9.17, 15) is 39.9 Å². The molecule has 5 bridgehead atoms. The lowest BCUT2D eigenvalue weighted by Gasteiger charge is -2.38. The van der Waals surface area contributed by atoms with Gasteiger partial charge in [0.15, 0.2) is 5.75 Å². The van der Waals surface area contributed by atoms with Crippen LogP contribution in [0.5, 0.6) is 23.0 Å². The smallest absolute Gasteiger partial charge is 0.312 e. The van der Waals surface area contributed by atoms with Crippen LogP contribution in [-0.2, 0) is 28.6 Å². The topological polar surface area (TPSA) is 223 Å². The molecule has 0 saturated heterocycles. The fourth-order valence-corrected chi connectivity index (χ4v) is 7.22. The van der Waals surface area contributed by atoms with Crippen molar-refractivity contribution >= 4 is 40.3 Å². The van der Waals surface area contributed by atoms with Crippen molar-refractivity contribution < 1.29 is 63.7 Å². The minimum atomic E-state index is -2.05. The van der Waals surface area contributed by atoms with Gasteiger partial charge in [-0.2, -0.15) is 0 Å². The Bertz CT molecular complexity index is 1970. The molecule has 0 saturated carbocycles. The summed E-state index contributed by atoms with van der Waals surface area (Å²) >= 11 is 0. The monoisotopic (exact) mass is 796 g/mol. The zero-order valence-electron chi connectivity index (χ0n) is 34.2. The minimum absolute atomic E-state index is 0.0378. The molecule has 2 aromatic rings. The zero-order valence-corrected chi connectivity index (χ0v) is 34.2. The van der Waals surface area contributed by atoms with Crippen LogP contribution in [0.2, 0.25) is 0 Å². The van der Waals surface area contributed by atoms with Crippen molar-refractivity contribution in [3.05, 3.63) is 52.8 Å². The molecule has 312 valence electrons. The number of benzene rings is 2. The standard InChI is InChI=1S/C42H56N2O13/c1-11-12-17-55-43-19-27-32-37(50)30-29(36(27)49)31-39(25(7)35(30)48)57-42(9,40(31)51)54-18-16-28(53-10)22(4)38(56-26(8)45)24(6)34(47)23(5)33(46)20(2)14-13-15-21(3)41(52)44-32/h13-16,18-20,22-24,28,33-34,38,46-50H,11-12,17H2,1-10H3,(H,44,52)/b14-13-,18-16-,21-15-,43-19+/t20-,22+,23+,24+,28-,33-,34+,38+,42-/m0/s1. The van der Waals surface area contributed by atoms with Gasteiger partial charge >= 0.3 is 11.8 Å². The summed E-state index contributed by atoms with van der Waals surface area (Å²) in [5, 5.41) is 63.8. The summed E-state index contributed by atoms with van der Waals surface area (Å²) < 4.78 is 23.5. The van der Waals surface area contributed by atoms with E-state index in [1.54, 1.807) is 39.8 Å². The predicted molar refractivity (Wildman–Crippen MR) is 212 cm³/mol. The number of ether oxygens (including phenoxy) is 4. The van der Waals surface area contributed by atoms with Gasteiger partial charge in [0, 0.05) is 61.2 Å². The van der Waals surface area contributed by atoms with Gasteiger partial charge in [0.25, 0.3) is 11.7 Å². The summed E-state index contributed by atoms with van der Waals surface area (Å²) in [6.45, 7) is 14.6. The van der Waals surface area contributed by atoms with Crippen molar-refractivity contribution in [1.82, 2.24) is 0 Å². The number of allylic oxidation sites excluding steroid dienone is 2. The fourth-order valence-electron chi connectivity index (χ4n) is 7.22. The number of hydrogen-bond donors (Lipinski definition) is 6. The molecule has 57 heavy (non-hydrogen) atoms. The van der Waals surface area contributed by atoms with Crippen molar-refractivity contribution in [1.29, 1.82) is 0 Å². The minimum Gasteiger partial charge on any atom is -0.507 e. The number of methoxy groups -OCH3 is 1. The van der Waals surface area contributed by atoms with Crippen LogP contribution in [0.15, 0.2) is 41.3 Å². The number of phenols is 3. The maximum absolute atomic E-state index is 14.3. The Morgan fingerprint density at radius 2 is 1.67 bits per heavy atom. The average molecular weight is 797 g/mol. The van der Waals surface area contributed by atoms with E-state index in [4.69, 9.17) is 23.8 Å². The highest BCUT2D eigenvalue weighted by Crippen LogP contribution is 2.55. The average Bonchev–Trinajstić information content (AvgIpc) is 3.43. The number of aliphatic hydroxyl groups is 2. The number of nitrogens with zero attached hydrogens (tertiary/aromatic N) is 1. The molecule has 2 aromatic carbocycles. The van der Waals surface area contributed by atoms with E-state index in [0.717, 1.165) is 12.6 Å². The van der Waals surface area contributed by atoms with Gasteiger partial charge in [-0.3, -0.25) is 14.4 Å². The summed E-state index contributed by atoms with van der Waals surface area (Å²) in [6, 6.07) is 0. The zero-order chi connectivity index (χ0) is 42.5. The predicted octanol–water partition coefficient (Wildman–Crippen LogP) is 5.90. The molecule has 0 fully saturated rings. The molecule has 9 atom stereocenters. The maximum Gasteiger partial charge on any atom is 0.312 e. The Morgan fingerprint density at radius 1 is 0.982 bits per heavy atom. The Balaban J connectivity index is 1.96. The van der Waals surface area contributed by atoms with Crippen molar-refractivity contribution in [2.24, 2.45) is 28.8 Å². The van der Waals surface area contributed by atoms with Crippen LogP contribution in [-0.4, -0.2) is 93.3 Å². The molecular formula is C42H56N2O13. The lowest BCUT2D eigenvalue weighted by Crippen LogP contribution is -2.46. The van der Waals surface area contributed by atoms with E-state index in [0.29, 0.717) is 6.42 Å². The Morgan fingerprint density at radius 3 is 2.30 bits per heavy atom. The van der Waals surface area contributed by atoms with Crippen LogP contribution in [0.4, 0.5) is 5.69 Å². The van der Waals surface area contributed by atoms with Gasteiger partial charge in [0.2, 0.25) is 0 Å². The molecular weight excluding hydrogens is 740 g/mol. The number of hydrogen-bond acceptors (Lipinski definition) is 14. The summed E-state index contributed by atoms with van der Waals surface area (Å²) in [5.41, 5.74) is -0.577. The van der Waals surface area contributed by atoms with Crippen molar-refractivity contribution in [3.63, 3.8) is 0 Å². The third-order valence-electron chi connectivity index (χ3n) is 10.9. The summed E-state index contributed by atoms with van der Waals surface area (Å²) in [4.78, 5) is 45.5. The number of phenolic OH excluding ortho intramolecular Hbond substituents is 3. The van der Waals surface area contributed by atoms with Crippen LogP contribution in [0.1, 0.15) is 89.7 Å². The number of aliphatic hydroxyl groups excluding tert-OH is 2. The van der Waals surface area contributed by atoms with Gasteiger partial charge in [0.05, 0.1) is 53.0 Å². The van der Waals surface area contributed by atoms with Crippen molar-refractivity contribution in [3.8, 4) is 23.0 Å². The number of ketones is 1. The van der Waals surface area contributed by atoms with Gasteiger partial charge in [-0.1, -0.05) is 64.4 Å². The van der Waals surface area contributed by atoms with Crippen LogP contribution in [0.25, 0.3) is 10.8 Å². The molecule has 1 amide bonds. The van der Waals surface area contributed by atoms with Gasteiger partial charge in [-0.25, -0.2) is 0 Å². The number of oxime groups is 1. The van der Waals surface area contributed by atoms with Gasteiger partial charge in [-0.05, 0) is 26.3 Å². The highest BCUT2D eigenvalue weighted by Gasteiger charge is 2.50. The van der Waals surface area contributed by atoms with E-state index in [1.807, 2.05) is 6.92 Å². The van der Waals surface area contributed by atoms with E-state index in [1.165, 1.54) is 53.2 Å². The number of esters is 1. The highest BCUT2D eigenvalue weighted by molar-refractivity contribution is 6.23. The molecule has 0 radical (unpaired) electrons. The lowest BCUT2D eigenvalue weighted by atomic mass is 9.78. The summed E-state index contributed by atoms with van der Waals surface area (Å²) in [6.07, 6.45) is 6.05. The van der Waals surface area contributed by atoms with Crippen LogP contribution < -0.4 is 10.1 Å². The molecule has 3 aliphatic heterocycles. The molecule has 15 heteroatoms. The first-order valence-electron chi connectivity index (χ1n) is 19.1. The SMILES string of the molecule is CCCCO/N=C/c1c2c(O)c3c(O)c(C)c4c(c3c1O)C(=O)[C@@](C)(O/C=C\[C@H](OC)[C@@H](C)[C@@H](OC(C)=O)[C@H](C)[C@H](O)[C@H](C)[C@@H](O)[C@@H](C)/C=C\C=C(\C)C(=O)N2)O4. The normalized spacial score (nSPS) is 30.7. The van der Waals surface area contributed by atoms with E-state index in [-0.39, 0.29) is 51.1 Å². The quantitative estimate of drug-likeness (QED) is 0.0480. The van der Waals surface area contributed by atoms with Crippen LogP contribution in [0.3, 0.4) is 0 Å². The van der Waals surface area contributed by atoms with Crippen molar-refractivity contribution in [2.75, 3.05) is 19.0 Å². The number of carbonyl (C=O) groups is 3. The third-order valence-corrected chi connectivity index (χ3v) is 10.9. The van der Waals surface area contributed by atoms with Gasteiger partial charge < -0.3 is 54.6 Å². The number of anilines is 1. The van der Waals surface area contributed by atoms with Gasteiger partial charge in [0.1, 0.15) is 30.0 Å². The van der Waals surface area contributed by atoms with Crippen LogP contribution >= 0.6 is 0 Å². The first-order chi connectivity index (χ1) is 26.8. The van der Waals surface area contributed by atoms with E-state index in [2.05, 4.69) is 10.5 Å². The molecule has 3 aliphatic rings. The summed E-state index contributed by atoms with van der Waals surface area (Å²) in [7, 11) is 1.43. The number of rotatable bonds is 7. The summed E-state index contributed by atoms with van der Waals surface area (Å²) in [5.74, 6) is -8.58. The largest absolute Gasteiger partial charge is 0.507 e.